The first-order valence-electron chi connectivity index (χ1n) is 7.19. The molecule has 0 amide bonds. The Hall–Kier alpha value is -1.98. The Morgan fingerprint density at radius 2 is 1.71 bits per heavy atom. The fourth-order valence-corrected chi connectivity index (χ4v) is 3.15. The maximum Gasteiger partial charge on any atom is 0.160 e. The van der Waals surface area contributed by atoms with E-state index in [-0.39, 0.29) is 0 Å². The van der Waals surface area contributed by atoms with Gasteiger partial charge in [0.1, 0.15) is 5.03 Å². The zero-order valence-electron chi connectivity index (χ0n) is 12.8. The van der Waals surface area contributed by atoms with Crippen molar-refractivity contribution in [2.75, 3.05) is 0 Å². The second kappa shape index (κ2) is 7.28. The average molecular weight is 363 g/mol. The van der Waals surface area contributed by atoms with Crippen LogP contribution in [0.25, 0.3) is 11.4 Å². The van der Waals surface area contributed by atoms with Crippen molar-refractivity contribution >= 4 is 23.4 Å². The van der Waals surface area contributed by atoms with Gasteiger partial charge in [-0.25, -0.2) is 18.7 Å². The van der Waals surface area contributed by atoms with Gasteiger partial charge in [-0.3, -0.25) is 0 Å². The molecule has 0 bridgehead atoms. The standard InChI is InChI=1S/C18H13ClF2N2S/c1-11-8-17(24-10-12-2-7-15(20)16(21)9-12)23-18(22-11)13-3-5-14(19)6-4-13/h2-9H,10H2,1H3. The van der Waals surface area contributed by atoms with Crippen LogP contribution in [0.1, 0.15) is 11.3 Å². The molecule has 24 heavy (non-hydrogen) atoms. The van der Waals surface area contributed by atoms with Crippen LogP contribution in [0.4, 0.5) is 8.78 Å². The molecular formula is C18H13ClF2N2S. The molecule has 2 aromatic carbocycles. The van der Waals surface area contributed by atoms with Crippen LogP contribution in [0.3, 0.4) is 0 Å². The largest absolute Gasteiger partial charge is 0.233 e. The van der Waals surface area contributed by atoms with E-state index < -0.39 is 11.6 Å². The molecule has 0 spiro atoms. The van der Waals surface area contributed by atoms with Crippen LogP contribution in [-0.2, 0) is 5.75 Å². The smallest absolute Gasteiger partial charge is 0.160 e. The summed E-state index contributed by atoms with van der Waals surface area (Å²) in [6.45, 7) is 1.89. The van der Waals surface area contributed by atoms with E-state index in [1.807, 2.05) is 25.1 Å². The maximum atomic E-state index is 13.3. The van der Waals surface area contributed by atoms with Crippen molar-refractivity contribution in [3.8, 4) is 11.4 Å². The topological polar surface area (TPSA) is 25.8 Å². The van der Waals surface area contributed by atoms with Crippen molar-refractivity contribution in [2.45, 2.75) is 17.7 Å². The summed E-state index contributed by atoms with van der Waals surface area (Å²) in [6.07, 6.45) is 0. The third-order valence-electron chi connectivity index (χ3n) is 3.30. The van der Waals surface area contributed by atoms with Crippen LogP contribution in [0.5, 0.6) is 0 Å². The van der Waals surface area contributed by atoms with Gasteiger partial charge in [-0.15, -0.1) is 11.8 Å². The zero-order chi connectivity index (χ0) is 17.1. The van der Waals surface area contributed by atoms with E-state index in [0.717, 1.165) is 22.3 Å². The van der Waals surface area contributed by atoms with Crippen molar-refractivity contribution in [3.63, 3.8) is 0 Å². The summed E-state index contributed by atoms with van der Waals surface area (Å²) in [6, 6.07) is 13.1. The van der Waals surface area contributed by atoms with Crippen molar-refractivity contribution in [2.24, 2.45) is 0 Å². The van der Waals surface area contributed by atoms with E-state index in [1.54, 1.807) is 18.2 Å². The first-order valence-corrected chi connectivity index (χ1v) is 8.56. The highest BCUT2D eigenvalue weighted by Crippen LogP contribution is 2.25. The van der Waals surface area contributed by atoms with Crippen molar-refractivity contribution in [1.29, 1.82) is 0 Å². The predicted octanol–water partition coefficient (Wildman–Crippen LogP) is 5.68. The Bertz CT molecular complexity index is 869. The van der Waals surface area contributed by atoms with Gasteiger partial charge < -0.3 is 0 Å². The third kappa shape index (κ3) is 4.10. The van der Waals surface area contributed by atoms with Gasteiger partial charge >= 0.3 is 0 Å². The molecular weight excluding hydrogens is 350 g/mol. The Balaban J connectivity index is 1.80. The molecule has 0 aliphatic rings. The quantitative estimate of drug-likeness (QED) is 0.441. The lowest BCUT2D eigenvalue weighted by atomic mass is 10.2. The highest BCUT2D eigenvalue weighted by Gasteiger charge is 2.08. The van der Waals surface area contributed by atoms with Crippen molar-refractivity contribution in [3.05, 3.63) is 76.4 Å². The van der Waals surface area contributed by atoms with Crippen molar-refractivity contribution < 1.29 is 8.78 Å². The summed E-state index contributed by atoms with van der Waals surface area (Å²) >= 11 is 7.35. The number of benzene rings is 2. The van der Waals surface area contributed by atoms with E-state index >= 15 is 0 Å². The monoisotopic (exact) mass is 362 g/mol. The molecule has 0 fully saturated rings. The molecule has 2 nitrogen and oxygen atoms in total. The number of aromatic nitrogens is 2. The van der Waals surface area contributed by atoms with E-state index in [9.17, 15) is 8.78 Å². The minimum atomic E-state index is -0.841. The van der Waals surface area contributed by atoms with Crippen LogP contribution in [0.2, 0.25) is 5.02 Å². The van der Waals surface area contributed by atoms with Crippen molar-refractivity contribution in [1.82, 2.24) is 9.97 Å². The van der Waals surface area contributed by atoms with Gasteiger partial charge in [-0.05, 0) is 55.0 Å². The molecule has 0 N–H and O–H groups in total. The number of hydrogen-bond donors (Lipinski definition) is 0. The summed E-state index contributed by atoms with van der Waals surface area (Å²) in [5.74, 6) is -0.576. The summed E-state index contributed by atoms with van der Waals surface area (Å²) < 4.78 is 26.2. The first-order chi connectivity index (χ1) is 11.5. The predicted molar refractivity (Wildman–Crippen MR) is 93.1 cm³/mol. The van der Waals surface area contributed by atoms with Gasteiger partial charge in [0, 0.05) is 22.0 Å². The van der Waals surface area contributed by atoms with E-state index in [0.29, 0.717) is 22.2 Å². The molecule has 3 rings (SSSR count). The number of aryl methyl sites for hydroxylation is 1. The molecule has 3 aromatic rings. The fourth-order valence-electron chi connectivity index (χ4n) is 2.13. The van der Waals surface area contributed by atoms with E-state index in [4.69, 9.17) is 11.6 Å². The summed E-state index contributed by atoms with van der Waals surface area (Å²) in [5.41, 5.74) is 2.41. The molecule has 0 radical (unpaired) electrons. The Morgan fingerprint density at radius 3 is 2.42 bits per heavy atom. The summed E-state index contributed by atoms with van der Waals surface area (Å²) in [7, 11) is 0. The number of rotatable bonds is 4. The van der Waals surface area contributed by atoms with Gasteiger partial charge in [0.2, 0.25) is 0 Å². The second-order valence-corrected chi connectivity index (χ2v) is 6.65. The lowest BCUT2D eigenvalue weighted by Crippen LogP contribution is -1.94. The fraction of sp³-hybridized carbons (Fsp3) is 0.111. The van der Waals surface area contributed by atoms with Gasteiger partial charge in [0.25, 0.3) is 0 Å². The molecule has 0 saturated carbocycles. The third-order valence-corrected chi connectivity index (χ3v) is 4.54. The molecule has 0 atom stereocenters. The summed E-state index contributed by atoms with van der Waals surface area (Å²) in [5, 5.41) is 1.43. The van der Waals surface area contributed by atoms with Gasteiger partial charge in [0.05, 0.1) is 0 Å². The minimum Gasteiger partial charge on any atom is -0.233 e. The molecule has 0 aliphatic carbocycles. The SMILES string of the molecule is Cc1cc(SCc2ccc(F)c(F)c2)nc(-c2ccc(Cl)cc2)n1. The Labute approximate surface area is 147 Å². The first kappa shape index (κ1) is 16.9. The molecule has 1 heterocycles. The minimum absolute atomic E-state index is 0.494. The number of nitrogens with zero attached hydrogens (tertiary/aromatic N) is 2. The van der Waals surface area contributed by atoms with Gasteiger partial charge in [-0.1, -0.05) is 17.7 Å². The number of hydrogen-bond acceptors (Lipinski definition) is 3. The maximum absolute atomic E-state index is 13.3. The van der Waals surface area contributed by atoms with Gasteiger partial charge in [-0.2, -0.15) is 0 Å². The highest BCUT2D eigenvalue weighted by atomic mass is 35.5. The average Bonchev–Trinajstić information content (AvgIpc) is 2.56. The Morgan fingerprint density at radius 1 is 0.958 bits per heavy atom. The van der Waals surface area contributed by atoms with E-state index in [1.165, 1.54) is 17.8 Å². The molecule has 1 aromatic heterocycles. The van der Waals surface area contributed by atoms with Crippen LogP contribution in [-0.4, -0.2) is 9.97 Å². The summed E-state index contributed by atoms with van der Waals surface area (Å²) in [4.78, 5) is 8.97. The van der Waals surface area contributed by atoms with Crippen LogP contribution < -0.4 is 0 Å². The van der Waals surface area contributed by atoms with E-state index in [2.05, 4.69) is 9.97 Å². The molecule has 0 saturated heterocycles. The van der Waals surface area contributed by atoms with Crippen LogP contribution in [0.15, 0.2) is 53.6 Å². The number of halogens is 3. The molecule has 0 unspecified atom stereocenters. The van der Waals surface area contributed by atoms with Crippen LogP contribution >= 0.6 is 23.4 Å². The molecule has 122 valence electrons. The number of thioether (sulfide) groups is 1. The highest BCUT2D eigenvalue weighted by molar-refractivity contribution is 7.98. The Kier molecular flexibility index (Phi) is 5.11. The normalized spacial score (nSPS) is 10.8. The second-order valence-electron chi connectivity index (χ2n) is 5.22. The molecule has 6 heteroatoms. The molecule has 0 aliphatic heterocycles. The zero-order valence-corrected chi connectivity index (χ0v) is 14.3. The lowest BCUT2D eigenvalue weighted by Gasteiger charge is -2.07. The lowest BCUT2D eigenvalue weighted by molar-refractivity contribution is 0.507. The van der Waals surface area contributed by atoms with Gasteiger partial charge in [0.15, 0.2) is 17.5 Å². The van der Waals surface area contributed by atoms with Crippen LogP contribution in [0, 0.1) is 18.6 Å².